The van der Waals surface area contributed by atoms with Crippen molar-refractivity contribution in [3.8, 4) is 0 Å². The molecule has 0 bridgehead atoms. The van der Waals surface area contributed by atoms with Crippen LogP contribution in [0.25, 0.3) is 0 Å². The van der Waals surface area contributed by atoms with E-state index in [1.165, 1.54) is 0 Å². The third kappa shape index (κ3) is 2.64. The molecule has 0 atom stereocenters. The third-order valence-corrected chi connectivity index (χ3v) is 3.73. The summed E-state index contributed by atoms with van der Waals surface area (Å²) in [4.78, 5) is 12.0. The van der Waals surface area contributed by atoms with Gasteiger partial charge < -0.3 is 9.73 Å². The van der Waals surface area contributed by atoms with E-state index in [1.807, 2.05) is 38.1 Å². The monoisotopic (exact) mass is 307 g/mol. The van der Waals surface area contributed by atoms with Gasteiger partial charge in [0.05, 0.1) is 5.69 Å². The smallest absolute Gasteiger partial charge is 0.291 e. The molecule has 0 aliphatic rings. The van der Waals surface area contributed by atoms with Gasteiger partial charge in [-0.15, -0.1) is 0 Å². The molecular weight excluding hydrogens is 294 g/mol. The molecule has 0 radical (unpaired) electrons. The fourth-order valence-electron chi connectivity index (χ4n) is 1.62. The molecule has 1 heterocycles. The summed E-state index contributed by atoms with van der Waals surface area (Å²) < 4.78 is 6.30. The van der Waals surface area contributed by atoms with E-state index >= 15 is 0 Å². The minimum atomic E-state index is -0.235. The van der Waals surface area contributed by atoms with Gasteiger partial charge in [0.25, 0.3) is 5.91 Å². The third-order valence-electron chi connectivity index (χ3n) is 2.67. The molecule has 1 amide bonds. The maximum atomic E-state index is 12.0. The average molecular weight is 308 g/mol. The summed E-state index contributed by atoms with van der Waals surface area (Å²) in [5.41, 5.74) is 1.82. The minimum Gasteiger partial charge on any atom is -0.456 e. The van der Waals surface area contributed by atoms with Gasteiger partial charge in [-0.1, -0.05) is 19.1 Å². The SMILES string of the molecule is CCc1ccc(C(=O)Nc2cccc(C)c2Br)o1. The highest BCUT2D eigenvalue weighted by molar-refractivity contribution is 9.10. The number of carbonyl (C=O) groups is 1. The molecule has 0 aliphatic heterocycles. The number of carbonyl (C=O) groups excluding carboxylic acids is 1. The molecule has 0 spiro atoms. The van der Waals surface area contributed by atoms with Gasteiger partial charge in [0.1, 0.15) is 5.76 Å². The van der Waals surface area contributed by atoms with E-state index in [0.717, 1.165) is 27.9 Å². The standard InChI is InChI=1S/C14H14BrNO2/c1-3-10-7-8-12(18-10)14(17)16-11-6-4-5-9(2)13(11)15/h4-8H,3H2,1-2H3,(H,16,17). The number of amides is 1. The van der Waals surface area contributed by atoms with Crippen LogP contribution in [0, 0.1) is 6.92 Å². The Labute approximate surface area is 114 Å². The van der Waals surface area contributed by atoms with Crippen LogP contribution in [0.4, 0.5) is 5.69 Å². The second-order valence-corrected chi connectivity index (χ2v) is 4.80. The number of rotatable bonds is 3. The van der Waals surface area contributed by atoms with Gasteiger partial charge in [0, 0.05) is 10.9 Å². The zero-order chi connectivity index (χ0) is 13.1. The highest BCUT2D eigenvalue weighted by Gasteiger charge is 2.12. The van der Waals surface area contributed by atoms with Crippen LogP contribution in [0.1, 0.15) is 28.8 Å². The average Bonchev–Trinajstić information content (AvgIpc) is 2.83. The summed E-state index contributed by atoms with van der Waals surface area (Å²) in [6.45, 7) is 3.96. The first kappa shape index (κ1) is 12.9. The zero-order valence-electron chi connectivity index (χ0n) is 10.3. The highest BCUT2D eigenvalue weighted by Crippen LogP contribution is 2.26. The fraction of sp³-hybridized carbons (Fsp3) is 0.214. The highest BCUT2D eigenvalue weighted by atomic mass is 79.9. The van der Waals surface area contributed by atoms with Gasteiger partial charge in [-0.2, -0.15) is 0 Å². The Kier molecular flexibility index (Phi) is 3.87. The summed E-state index contributed by atoms with van der Waals surface area (Å²) in [5.74, 6) is 0.907. The largest absolute Gasteiger partial charge is 0.456 e. The van der Waals surface area contributed by atoms with Crippen LogP contribution >= 0.6 is 15.9 Å². The molecule has 3 nitrogen and oxygen atoms in total. The van der Waals surface area contributed by atoms with E-state index in [-0.39, 0.29) is 5.91 Å². The maximum Gasteiger partial charge on any atom is 0.291 e. The first-order chi connectivity index (χ1) is 8.61. The molecule has 2 aromatic rings. The first-order valence-corrected chi connectivity index (χ1v) is 6.56. The van der Waals surface area contributed by atoms with E-state index < -0.39 is 0 Å². The number of halogens is 1. The fourth-order valence-corrected chi connectivity index (χ4v) is 1.98. The Balaban J connectivity index is 2.18. The summed E-state index contributed by atoms with van der Waals surface area (Å²) in [6, 6.07) is 9.23. The molecule has 18 heavy (non-hydrogen) atoms. The number of hydrogen-bond donors (Lipinski definition) is 1. The zero-order valence-corrected chi connectivity index (χ0v) is 11.9. The Bertz CT molecular complexity index is 575. The summed E-state index contributed by atoms with van der Waals surface area (Å²) in [5, 5.41) is 2.83. The van der Waals surface area contributed by atoms with Crippen molar-refractivity contribution in [2.24, 2.45) is 0 Å². The maximum absolute atomic E-state index is 12.0. The molecule has 0 unspecified atom stereocenters. The van der Waals surface area contributed by atoms with Crippen molar-refractivity contribution in [2.75, 3.05) is 5.32 Å². The molecule has 0 saturated heterocycles. The van der Waals surface area contributed by atoms with Gasteiger partial charge in [-0.25, -0.2) is 0 Å². The Morgan fingerprint density at radius 2 is 2.11 bits per heavy atom. The van der Waals surface area contributed by atoms with E-state index in [1.54, 1.807) is 6.07 Å². The van der Waals surface area contributed by atoms with Gasteiger partial charge in [0.15, 0.2) is 5.76 Å². The molecule has 1 aromatic carbocycles. The van der Waals surface area contributed by atoms with E-state index in [0.29, 0.717) is 5.76 Å². The molecule has 0 saturated carbocycles. The number of aryl methyl sites for hydroxylation is 2. The molecule has 1 N–H and O–H groups in total. The van der Waals surface area contributed by atoms with Crippen LogP contribution in [0.3, 0.4) is 0 Å². The summed E-state index contributed by atoms with van der Waals surface area (Å²) in [7, 11) is 0. The van der Waals surface area contributed by atoms with Crippen molar-refractivity contribution in [3.63, 3.8) is 0 Å². The lowest BCUT2D eigenvalue weighted by atomic mass is 10.2. The number of benzene rings is 1. The number of furan rings is 1. The van der Waals surface area contributed by atoms with Gasteiger partial charge in [0.2, 0.25) is 0 Å². The topological polar surface area (TPSA) is 42.2 Å². The molecule has 0 fully saturated rings. The Hall–Kier alpha value is -1.55. The van der Waals surface area contributed by atoms with Crippen molar-refractivity contribution in [1.82, 2.24) is 0 Å². The van der Waals surface area contributed by atoms with Crippen molar-refractivity contribution in [2.45, 2.75) is 20.3 Å². The van der Waals surface area contributed by atoms with Crippen LogP contribution in [0.5, 0.6) is 0 Å². The lowest BCUT2D eigenvalue weighted by Gasteiger charge is -2.07. The second kappa shape index (κ2) is 5.40. The molecule has 94 valence electrons. The molecule has 0 aliphatic carbocycles. The minimum absolute atomic E-state index is 0.235. The molecular formula is C14H14BrNO2. The van der Waals surface area contributed by atoms with Gasteiger partial charge in [-0.05, 0) is 46.6 Å². The van der Waals surface area contributed by atoms with Gasteiger partial charge in [-0.3, -0.25) is 4.79 Å². The van der Waals surface area contributed by atoms with Crippen LogP contribution in [-0.4, -0.2) is 5.91 Å². The van der Waals surface area contributed by atoms with E-state index in [2.05, 4.69) is 21.2 Å². The van der Waals surface area contributed by atoms with Crippen LogP contribution in [0.15, 0.2) is 39.2 Å². The summed E-state index contributed by atoms with van der Waals surface area (Å²) >= 11 is 3.45. The molecule has 2 rings (SSSR count). The normalized spacial score (nSPS) is 10.4. The van der Waals surface area contributed by atoms with Crippen LogP contribution in [0.2, 0.25) is 0 Å². The van der Waals surface area contributed by atoms with Gasteiger partial charge >= 0.3 is 0 Å². The van der Waals surface area contributed by atoms with Crippen molar-refractivity contribution < 1.29 is 9.21 Å². The number of nitrogens with one attached hydrogen (secondary N) is 1. The predicted molar refractivity (Wildman–Crippen MR) is 74.9 cm³/mol. The van der Waals surface area contributed by atoms with E-state index in [4.69, 9.17) is 4.42 Å². The van der Waals surface area contributed by atoms with Crippen LogP contribution < -0.4 is 5.32 Å². The van der Waals surface area contributed by atoms with E-state index in [9.17, 15) is 4.79 Å². The first-order valence-electron chi connectivity index (χ1n) is 5.77. The quantitative estimate of drug-likeness (QED) is 0.925. The van der Waals surface area contributed by atoms with Crippen molar-refractivity contribution in [1.29, 1.82) is 0 Å². The number of anilines is 1. The van der Waals surface area contributed by atoms with Crippen molar-refractivity contribution in [3.05, 3.63) is 51.9 Å². The van der Waals surface area contributed by atoms with Crippen molar-refractivity contribution >= 4 is 27.5 Å². The second-order valence-electron chi connectivity index (χ2n) is 4.01. The molecule has 1 aromatic heterocycles. The lowest BCUT2D eigenvalue weighted by Crippen LogP contribution is -2.11. The summed E-state index contributed by atoms with van der Waals surface area (Å²) in [6.07, 6.45) is 0.779. The Morgan fingerprint density at radius 1 is 1.33 bits per heavy atom. The predicted octanol–water partition coefficient (Wildman–Crippen LogP) is 4.17. The number of hydrogen-bond acceptors (Lipinski definition) is 2. The lowest BCUT2D eigenvalue weighted by molar-refractivity contribution is 0.0995. The Morgan fingerprint density at radius 3 is 2.78 bits per heavy atom. The molecule has 4 heteroatoms. The van der Waals surface area contributed by atoms with Crippen LogP contribution in [-0.2, 0) is 6.42 Å².